The first-order chi connectivity index (χ1) is 31.7. The normalized spacial score (nSPS) is 23.1. The van der Waals surface area contributed by atoms with E-state index in [1.807, 2.05) is 38.2 Å². The number of aromatic hydroxyl groups is 1. The molecule has 4 aliphatic heterocycles. The van der Waals surface area contributed by atoms with Gasteiger partial charge in [-0.15, -0.1) is 0 Å². The summed E-state index contributed by atoms with van der Waals surface area (Å²) in [6, 6.07) is 12.6. The summed E-state index contributed by atoms with van der Waals surface area (Å²) in [6.45, 7) is 15.8. The number of pyridine rings is 1. The van der Waals surface area contributed by atoms with Crippen LogP contribution in [0.25, 0.3) is 33.3 Å². The largest absolute Gasteiger partial charge is 0.508 e. The maximum absolute atomic E-state index is 14.7. The predicted molar refractivity (Wildman–Crippen MR) is 256 cm³/mol. The number of hydrogen-bond acceptors (Lipinski definition) is 11. The number of carbonyl (C=O) groups is 4. The number of likely N-dealkylation sites (N-methyl/N-ethyl adjacent to an activating group) is 2. The van der Waals surface area contributed by atoms with Gasteiger partial charge in [-0.05, 0) is 104 Å². The lowest BCUT2D eigenvalue weighted by molar-refractivity contribution is -0.155. The molecule has 360 valence electrons. The second-order valence-corrected chi connectivity index (χ2v) is 22.5. The Balaban J connectivity index is 1.16. The van der Waals surface area contributed by atoms with Crippen LogP contribution in [0.3, 0.4) is 0 Å². The van der Waals surface area contributed by atoms with Crippen molar-refractivity contribution in [2.45, 2.75) is 110 Å². The minimum atomic E-state index is -3.55. The van der Waals surface area contributed by atoms with Crippen LogP contribution in [0.1, 0.15) is 84.0 Å². The molecule has 6 heterocycles. The Morgan fingerprint density at radius 1 is 1.04 bits per heavy atom. The van der Waals surface area contributed by atoms with Crippen LogP contribution in [-0.4, -0.2) is 136 Å². The van der Waals surface area contributed by atoms with Crippen LogP contribution in [0.4, 0.5) is 0 Å². The summed E-state index contributed by atoms with van der Waals surface area (Å²) in [5.74, 6) is -2.75. The number of fused-ring (bicyclic) bond motifs is 6. The van der Waals surface area contributed by atoms with Gasteiger partial charge in [-0.2, -0.15) is 4.31 Å². The van der Waals surface area contributed by atoms with Crippen LogP contribution in [0.5, 0.6) is 5.75 Å². The van der Waals surface area contributed by atoms with E-state index in [9.17, 15) is 32.7 Å². The Morgan fingerprint density at radius 3 is 2.45 bits per heavy atom. The molecule has 17 heteroatoms. The molecule has 8 rings (SSSR count). The van der Waals surface area contributed by atoms with Crippen LogP contribution in [0, 0.1) is 17.3 Å². The zero-order valence-corrected chi connectivity index (χ0v) is 41.0. The SMILES string of the molecule is CCn1c(-c2cccnc2C(C)C)c2c3cc(ccc31)-c1cc(O)cc(c1)C[C@H](NC(=O)[C@H](C(C)C)N(C)C(=O)C1CN(S(=O)(=O)[C@@H]3CN3C)C1)C(=O)N1CCC[C@H](N1)C(=O)OCC(C)(C)C2. The number of phenolic OH excluding ortho intramolecular Hbond substituents is 1. The van der Waals surface area contributed by atoms with Crippen molar-refractivity contribution in [3.05, 3.63) is 71.5 Å². The fraction of sp³-hybridized carbons (Fsp3) is 0.540. The number of phenols is 1. The van der Waals surface area contributed by atoms with Crippen LogP contribution in [-0.2, 0) is 53.3 Å². The standard InChI is InChI=1S/C50H66N8O8S/c1-10-57-41-16-15-32-23-37(41)38(45(57)36-13-11-17-51-43(36)29(2)3)24-50(6,7)28-66-49(63)39-14-12-18-58(53-39)48(62)40(21-31-19-33(32)22-35(59)20-31)52-46(60)44(30(4)5)55(9)47(61)34-25-56(26-34)67(64,65)42-27-54(42)8/h11,13,15-17,19-20,22-23,29-30,34,39-40,42,44,53,59H,10,12,14,18,21,24-28H2,1-9H3,(H,52,60)/t39-,40-,42+,44-,54?/m0/s1. The van der Waals surface area contributed by atoms with Crippen LogP contribution in [0.2, 0.25) is 0 Å². The van der Waals surface area contributed by atoms with E-state index >= 15 is 0 Å². The Bertz CT molecular complexity index is 2690. The van der Waals surface area contributed by atoms with Gasteiger partial charge in [-0.25, -0.2) is 13.8 Å². The lowest BCUT2D eigenvalue weighted by Crippen LogP contribution is -2.63. The zero-order chi connectivity index (χ0) is 48.3. The quantitative estimate of drug-likeness (QED) is 0.145. The smallest absolute Gasteiger partial charge is 0.324 e. The fourth-order valence-corrected chi connectivity index (χ4v) is 12.2. The van der Waals surface area contributed by atoms with Crippen molar-refractivity contribution in [3.63, 3.8) is 0 Å². The van der Waals surface area contributed by atoms with Crippen LogP contribution < -0.4 is 10.7 Å². The number of sulfonamides is 1. The van der Waals surface area contributed by atoms with Crippen LogP contribution in [0.15, 0.2) is 54.7 Å². The second kappa shape index (κ2) is 18.6. The highest BCUT2D eigenvalue weighted by Gasteiger charge is 2.51. The molecule has 3 saturated heterocycles. The topological polar surface area (TPSA) is 186 Å². The average molecular weight is 939 g/mol. The van der Waals surface area contributed by atoms with Crippen molar-refractivity contribution >= 4 is 44.6 Å². The van der Waals surface area contributed by atoms with Crippen molar-refractivity contribution < 1.29 is 37.4 Å². The monoisotopic (exact) mass is 938 g/mol. The molecule has 1 unspecified atom stereocenters. The number of benzene rings is 2. The van der Waals surface area contributed by atoms with E-state index in [1.54, 1.807) is 24.1 Å². The number of cyclic esters (lactones) is 1. The third-order valence-corrected chi connectivity index (χ3v) is 16.1. The molecule has 4 aliphatic rings. The number of nitrogens with one attached hydrogen (secondary N) is 2. The highest BCUT2D eigenvalue weighted by atomic mass is 32.2. The molecule has 3 amide bonds. The van der Waals surface area contributed by atoms with Gasteiger partial charge in [0.15, 0.2) is 0 Å². The molecule has 2 aromatic carbocycles. The first-order valence-corrected chi connectivity index (χ1v) is 25.1. The molecule has 0 spiro atoms. The van der Waals surface area contributed by atoms with Gasteiger partial charge in [0.25, 0.3) is 5.91 Å². The Kier molecular flexibility index (Phi) is 13.4. The molecule has 16 nitrogen and oxygen atoms in total. The number of hydrazine groups is 1. The van der Waals surface area contributed by atoms with E-state index in [0.717, 1.165) is 44.5 Å². The van der Waals surface area contributed by atoms with Crippen molar-refractivity contribution in [2.24, 2.45) is 17.3 Å². The number of amides is 3. The molecule has 67 heavy (non-hydrogen) atoms. The number of nitrogens with zero attached hydrogens (tertiary/aromatic N) is 6. The maximum Gasteiger partial charge on any atom is 0.324 e. The molecule has 2 aromatic heterocycles. The van der Waals surface area contributed by atoms with Crippen molar-refractivity contribution in [1.82, 2.24) is 39.4 Å². The summed E-state index contributed by atoms with van der Waals surface area (Å²) in [5, 5.41) is 16.1. The summed E-state index contributed by atoms with van der Waals surface area (Å²) in [5.41, 5.74) is 9.95. The zero-order valence-electron chi connectivity index (χ0n) is 40.2. The number of hydrogen-bond donors (Lipinski definition) is 3. The van der Waals surface area contributed by atoms with E-state index in [0.29, 0.717) is 37.9 Å². The molecule has 0 radical (unpaired) electrons. The Labute approximate surface area is 394 Å². The molecule has 4 aromatic rings. The summed E-state index contributed by atoms with van der Waals surface area (Å²) >= 11 is 0. The number of ether oxygens (including phenoxy) is 1. The highest BCUT2D eigenvalue weighted by Crippen LogP contribution is 2.42. The first kappa shape index (κ1) is 48.1. The molecule has 5 atom stereocenters. The van der Waals surface area contributed by atoms with Crippen LogP contribution >= 0.6 is 0 Å². The minimum absolute atomic E-state index is 0.0150. The molecule has 3 N–H and O–H groups in total. The molecule has 0 saturated carbocycles. The maximum atomic E-state index is 14.7. The van der Waals surface area contributed by atoms with Gasteiger partial charge in [0.1, 0.15) is 29.2 Å². The first-order valence-electron chi connectivity index (χ1n) is 23.6. The van der Waals surface area contributed by atoms with E-state index in [2.05, 4.69) is 68.1 Å². The second-order valence-electron chi connectivity index (χ2n) is 20.4. The van der Waals surface area contributed by atoms with Gasteiger partial charge in [-0.3, -0.25) is 34.1 Å². The summed E-state index contributed by atoms with van der Waals surface area (Å²) in [4.78, 5) is 65.0. The lowest BCUT2D eigenvalue weighted by Gasteiger charge is -2.41. The third kappa shape index (κ3) is 9.57. The summed E-state index contributed by atoms with van der Waals surface area (Å²) in [7, 11) is -0.274. The molecular weight excluding hydrogens is 873 g/mol. The van der Waals surface area contributed by atoms with E-state index in [-0.39, 0.29) is 56.2 Å². The van der Waals surface area contributed by atoms with Crippen molar-refractivity contribution in [1.29, 1.82) is 0 Å². The Hall–Kier alpha value is -5.36. The average Bonchev–Trinajstić information content (AvgIpc) is 3.95. The summed E-state index contributed by atoms with van der Waals surface area (Å²) in [6.07, 6.45) is 3.31. The number of carbonyl (C=O) groups excluding carboxylic acids is 4. The third-order valence-electron chi connectivity index (χ3n) is 13.9. The minimum Gasteiger partial charge on any atom is -0.508 e. The van der Waals surface area contributed by atoms with E-state index in [1.165, 1.54) is 21.3 Å². The van der Waals surface area contributed by atoms with Gasteiger partial charge in [0.05, 0.1) is 23.9 Å². The number of aromatic nitrogens is 2. The number of aryl methyl sites for hydroxylation is 1. The Morgan fingerprint density at radius 2 is 1.78 bits per heavy atom. The van der Waals surface area contributed by atoms with Gasteiger partial charge in [-0.1, -0.05) is 53.7 Å². The molecule has 3 fully saturated rings. The number of esters is 1. The summed E-state index contributed by atoms with van der Waals surface area (Å²) < 4.78 is 35.7. The van der Waals surface area contributed by atoms with Gasteiger partial charge >= 0.3 is 5.97 Å². The lowest BCUT2D eigenvalue weighted by atomic mass is 9.83. The van der Waals surface area contributed by atoms with Crippen molar-refractivity contribution in [3.8, 4) is 28.1 Å². The van der Waals surface area contributed by atoms with Gasteiger partial charge in [0, 0.05) is 74.3 Å². The van der Waals surface area contributed by atoms with Gasteiger partial charge in [0.2, 0.25) is 21.8 Å². The van der Waals surface area contributed by atoms with E-state index < -0.39 is 62.6 Å². The molecular formula is C50H66N8O8S. The number of rotatable bonds is 10. The fourth-order valence-electron chi connectivity index (χ4n) is 10.2. The molecule has 6 bridgehead atoms. The molecule has 0 aliphatic carbocycles. The predicted octanol–water partition coefficient (Wildman–Crippen LogP) is 4.88. The van der Waals surface area contributed by atoms with Crippen molar-refractivity contribution in [2.75, 3.05) is 46.9 Å². The van der Waals surface area contributed by atoms with Gasteiger partial charge < -0.3 is 24.6 Å². The van der Waals surface area contributed by atoms with E-state index in [4.69, 9.17) is 9.72 Å². The highest BCUT2D eigenvalue weighted by molar-refractivity contribution is 7.90.